The van der Waals surface area contributed by atoms with Gasteiger partial charge in [-0.05, 0) is 38.7 Å². The van der Waals surface area contributed by atoms with Gasteiger partial charge in [0.1, 0.15) is 11.0 Å². The highest BCUT2D eigenvalue weighted by molar-refractivity contribution is 7.99. The third kappa shape index (κ3) is 8.10. The van der Waals surface area contributed by atoms with E-state index in [0.717, 1.165) is 12.1 Å². The number of hydrogen-bond donors (Lipinski definition) is 0. The summed E-state index contributed by atoms with van der Waals surface area (Å²) >= 11 is 13.9. The monoisotopic (exact) mass is 600 g/mol. The molecule has 0 saturated carbocycles. The summed E-state index contributed by atoms with van der Waals surface area (Å²) in [5.74, 6) is 0.820. The van der Waals surface area contributed by atoms with Gasteiger partial charge in [0, 0.05) is 51.4 Å². The minimum Gasteiger partial charge on any atom is -0.353 e. The maximum Gasteiger partial charge on any atom is 0.255 e. The average molecular weight is 602 g/mol. The van der Waals surface area contributed by atoms with E-state index in [9.17, 15) is 9.59 Å². The minimum atomic E-state index is -0.0810. The lowest BCUT2D eigenvalue weighted by molar-refractivity contribution is -0.129. The number of thioether (sulfide) groups is 1. The van der Waals surface area contributed by atoms with Crippen LogP contribution in [-0.4, -0.2) is 95.1 Å². The van der Waals surface area contributed by atoms with Crippen LogP contribution in [0.15, 0.2) is 65.8 Å². The van der Waals surface area contributed by atoms with E-state index in [1.54, 1.807) is 18.2 Å². The van der Waals surface area contributed by atoms with Gasteiger partial charge in [-0.15, -0.1) is 0 Å². The van der Waals surface area contributed by atoms with Gasteiger partial charge in [0.25, 0.3) is 5.91 Å². The predicted octanol–water partition coefficient (Wildman–Crippen LogP) is 4.82. The van der Waals surface area contributed by atoms with E-state index in [4.69, 9.17) is 28.2 Å². The van der Waals surface area contributed by atoms with Gasteiger partial charge in [-0.1, -0.05) is 77.4 Å². The van der Waals surface area contributed by atoms with Gasteiger partial charge < -0.3 is 19.6 Å². The molecule has 0 radical (unpaired) electrons. The molecule has 1 aromatic heterocycles. The molecule has 2 aromatic carbocycles. The molecule has 1 unspecified atom stereocenters. The molecule has 11 heteroatoms. The molecule has 1 saturated heterocycles. The molecule has 1 aliphatic heterocycles. The molecule has 4 rings (SSSR count). The number of nitrogens with zero attached hydrogens (tertiary/aromatic N) is 6. The van der Waals surface area contributed by atoms with Crippen molar-refractivity contribution in [2.75, 3.05) is 57.5 Å². The van der Waals surface area contributed by atoms with E-state index in [1.807, 2.05) is 73.3 Å². The first-order valence-corrected chi connectivity index (χ1v) is 14.9. The van der Waals surface area contributed by atoms with Crippen molar-refractivity contribution in [3.63, 3.8) is 0 Å². The van der Waals surface area contributed by atoms with Gasteiger partial charge in [0.15, 0.2) is 5.16 Å². The number of amides is 2. The first-order valence-electron chi connectivity index (χ1n) is 13.2. The minimum absolute atomic E-state index is 0.0150. The molecule has 8 nitrogen and oxygen atoms in total. The topological polar surface area (TPSA) is 72.9 Å². The van der Waals surface area contributed by atoms with Crippen molar-refractivity contribution in [1.29, 1.82) is 0 Å². The fraction of sp³-hybridized carbons (Fsp3) is 0.379. The molecular formula is C29H34Cl2N6O2S. The quantitative estimate of drug-likeness (QED) is 0.188. The second-order valence-corrected chi connectivity index (χ2v) is 11.7. The largest absolute Gasteiger partial charge is 0.353 e. The van der Waals surface area contributed by atoms with E-state index in [2.05, 4.69) is 14.8 Å². The number of anilines is 1. The van der Waals surface area contributed by atoms with Crippen LogP contribution in [0.5, 0.6) is 0 Å². The van der Waals surface area contributed by atoms with Crippen molar-refractivity contribution < 1.29 is 9.59 Å². The number of benzene rings is 2. The van der Waals surface area contributed by atoms with Crippen LogP contribution in [0.2, 0.25) is 10.2 Å². The van der Waals surface area contributed by atoms with Crippen LogP contribution in [0.3, 0.4) is 0 Å². The number of piperazine rings is 1. The van der Waals surface area contributed by atoms with Gasteiger partial charge in [-0.3, -0.25) is 9.59 Å². The van der Waals surface area contributed by atoms with Crippen LogP contribution in [0.25, 0.3) is 0 Å². The Balaban J connectivity index is 1.40. The second kappa shape index (κ2) is 14.2. The zero-order valence-electron chi connectivity index (χ0n) is 23.0. The number of carbonyl (C=O) groups excluding carboxylic acids is 2. The molecule has 0 bridgehead atoms. The van der Waals surface area contributed by atoms with Gasteiger partial charge in [0.05, 0.1) is 16.3 Å². The highest BCUT2D eigenvalue weighted by Crippen LogP contribution is 2.26. The molecule has 0 N–H and O–H groups in total. The van der Waals surface area contributed by atoms with Crippen LogP contribution in [-0.2, 0) is 11.3 Å². The smallest absolute Gasteiger partial charge is 0.255 e. The van der Waals surface area contributed by atoms with Crippen molar-refractivity contribution in [2.45, 2.75) is 24.7 Å². The number of aromatic nitrogens is 2. The standard InChI is InChI=1S/C29H34Cl2N6O2S/c1-21-18-35(15-16-37(21)28(39)23-11-7-8-12-24(23)30)26-17-25(31)32-29(33-26)40-20-27(38)36(14-13-34(2)3)19-22-9-5-4-6-10-22/h4-12,17,21H,13-16,18-20H2,1-3H3. The number of halogens is 2. The van der Waals surface area contributed by atoms with Gasteiger partial charge >= 0.3 is 0 Å². The van der Waals surface area contributed by atoms with Gasteiger partial charge in [-0.2, -0.15) is 0 Å². The van der Waals surface area contributed by atoms with Crippen LogP contribution < -0.4 is 4.90 Å². The molecular weight excluding hydrogens is 567 g/mol. The highest BCUT2D eigenvalue weighted by Gasteiger charge is 2.30. The Labute approximate surface area is 250 Å². The SMILES string of the molecule is CC1CN(c2cc(Cl)nc(SCC(=O)N(CCN(C)C)Cc3ccccc3)n2)CCN1C(=O)c1ccccc1Cl. The van der Waals surface area contributed by atoms with Crippen molar-refractivity contribution in [3.05, 3.63) is 82.0 Å². The van der Waals surface area contributed by atoms with Crippen LogP contribution in [0.4, 0.5) is 5.82 Å². The maximum absolute atomic E-state index is 13.2. The molecule has 2 heterocycles. The van der Waals surface area contributed by atoms with Crippen LogP contribution in [0, 0.1) is 0 Å². The lowest BCUT2D eigenvalue weighted by Crippen LogP contribution is -2.54. The van der Waals surface area contributed by atoms with E-state index in [0.29, 0.717) is 59.4 Å². The molecule has 212 valence electrons. The normalized spacial score (nSPS) is 15.4. The van der Waals surface area contributed by atoms with E-state index in [1.165, 1.54) is 11.8 Å². The lowest BCUT2D eigenvalue weighted by Gasteiger charge is -2.40. The summed E-state index contributed by atoms with van der Waals surface area (Å²) < 4.78 is 0. The highest BCUT2D eigenvalue weighted by atomic mass is 35.5. The number of likely N-dealkylation sites (N-methyl/N-ethyl adjacent to an activating group) is 1. The molecule has 1 fully saturated rings. The summed E-state index contributed by atoms with van der Waals surface area (Å²) in [6.07, 6.45) is 0. The molecule has 40 heavy (non-hydrogen) atoms. The van der Waals surface area contributed by atoms with Crippen molar-refractivity contribution in [1.82, 2.24) is 24.7 Å². The summed E-state index contributed by atoms with van der Waals surface area (Å²) in [4.78, 5) is 43.3. The molecule has 1 atom stereocenters. The van der Waals surface area contributed by atoms with Gasteiger partial charge in [-0.25, -0.2) is 9.97 Å². The van der Waals surface area contributed by atoms with E-state index < -0.39 is 0 Å². The van der Waals surface area contributed by atoms with Crippen molar-refractivity contribution in [3.8, 4) is 0 Å². The Kier molecular flexibility index (Phi) is 10.7. The zero-order valence-corrected chi connectivity index (χ0v) is 25.3. The lowest BCUT2D eigenvalue weighted by atomic mass is 10.1. The van der Waals surface area contributed by atoms with E-state index >= 15 is 0 Å². The molecule has 1 aliphatic rings. The van der Waals surface area contributed by atoms with Crippen molar-refractivity contribution in [2.24, 2.45) is 0 Å². The first kappa shape index (κ1) is 30.1. The summed E-state index contributed by atoms with van der Waals surface area (Å²) in [5, 5.41) is 1.21. The van der Waals surface area contributed by atoms with Gasteiger partial charge in [0.2, 0.25) is 5.91 Å². The Hall–Kier alpha value is -2.85. The Morgan fingerprint density at radius 3 is 2.42 bits per heavy atom. The van der Waals surface area contributed by atoms with Crippen LogP contribution >= 0.6 is 35.0 Å². The number of rotatable bonds is 10. The second-order valence-electron chi connectivity index (χ2n) is 10.00. The molecule has 0 aliphatic carbocycles. The summed E-state index contributed by atoms with van der Waals surface area (Å²) in [6.45, 7) is 5.64. The van der Waals surface area contributed by atoms with Crippen LogP contribution in [0.1, 0.15) is 22.8 Å². The number of hydrogen-bond acceptors (Lipinski definition) is 7. The Bertz CT molecular complexity index is 1310. The molecule has 2 amide bonds. The summed E-state index contributed by atoms with van der Waals surface area (Å²) in [7, 11) is 3.99. The molecule has 3 aromatic rings. The Morgan fingerprint density at radius 1 is 1.00 bits per heavy atom. The maximum atomic E-state index is 13.2. The Morgan fingerprint density at radius 2 is 1.73 bits per heavy atom. The summed E-state index contributed by atoms with van der Waals surface area (Å²) in [6, 6.07) is 18.8. The third-order valence-corrected chi connectivity index (χ3v) is 8.04. The third-order valence-electron chi connectivity index (χ3n) is 6.69. The number of carbonyl (C=O) groups is 2. The fourth-order valence-electron chi connectivity index (χ4n) is 4.50. The first-order chi connectivity index (χ1) is 19.2. The fourth-order valence-corrected chi connectivity index (χ4v) is 5.70. The zero-order chi connectivity index (χ0) is 28.6. The predicted molar refractivity (Wildman–Crippen MR) is 162 cm³/mol. The van der Waals surface area contributed by atoms with E-state index in [-0.39, 0.29) is 23.6 Å². The average Bonchev–Trinajstić information content (AvgIpc) is 2.94. The summed E-state index contributed by atoms with van der Waals surface area (Å²) in [5.41, 5.74) is 1.59. The van der Waals surface area contributed by atoms with Crippen molar-refractivity contribution >= 4 is 52.6 Å². The molecule has 0 spiro atoms.